The Morgan fingerprint density at radius 2 is 1.75 bits per heavy atom. The van der Waals surface area contributed by atoms with Crippen LogP contribution in [-0.4, -0.2) is 13.0 Å². The fourth-order valence-corrected chi connectivity index (χ4v) is 2.02. The van der Waals surface area contributed by atoms with Crippen molar-refractivity contribution in [3.05, 3.63) is 65.5 Å². The maximum Gasteiger partial charge on any atom is 0.251 e. The minimum absolute atomic E-state index is 0.126. The number of halogens is 1. The van der Waals surface area contributed by atoms with E-state index >= 15 is 0 Å². The Bertz CT molecular complexity index is 596. The molecule has 20 heavy (non-hydrogen) atoms. The molecule has 104 valence electrons. The van der Waals surface area contributed by atoms with Gasteiger partial charge >= 0.3 is 0 Å². The molecule has 0 bridgehead atoms. The molecule has 0 heterocycles. The van der Waals surface area contributed by atoms with Crippen LogP contribution in [0.1, 0.15) is 28.9 Å². The molecule has 0 aliphatic heterocycles. The van der Waals surface area contributed by atoms with Gasteiger partial charge in [-0.3, -0.25) is 4.79 Å². The van der Waals surface area contributed by atoms with Crippen molar-refractivity contribution in [2.45, 2.75) is 13.0 Å². The van der Waals surface area contributed by atoms with E-state index < -0.39 is 0 Å². The van der Waals surface area contributed by atoms with Crippen LogP contribution in [0.3, 0.4) is 0 Å². The monoisotopic (exact) mass is 272 g/mol. The first-order valence-electron chi connectivity index (χ1n) is 6.45. The Balaban J connectivity index is 2.10. The zero-order chi connectivity index (χ0) is 14.5. The molecular weight excluding hydrogens is 255 g/mol. The predicted octanol–water partition coefficient (Wildman–Crippen LogP) is 3.36. The number of amides is 1. The van der Waals surface area contributed by atoms with Crippen molar-refractivity contribution in [3.63, 3.8) is 0 Å². The minimum atomic E-state index is -0.227. The molecule has 2 rings (SSSR count). The molecule has 4 heteroatoms. The Morgan fingerprint density at radius 3 is 2.35 bits per heavy atom. The molecule has 2 aromatic carbocycles. The van der Waals surface area contributed by atoms with Crippen LogP contribution in [0.15, 0.2) is 48.5 Å². The molecule has 0 saturated heterocycles. The molecule has 0 spiro atoms. The maximum atomic E-state index is 13.7. The van der Waals surface area contributed by atoms with E-state index in [0.29, 0.717) is 11.1 Å². The van der Waals surface area contributed by atoms with Crippen LogP contribution in [0.25, 0.3) is 0 Å². The van der Waals surface area contributed by atoms with Crippen LogP contribution in [-0.2, 0) is 0 Å². The van der Waals surface area contributed by atoms with E-state index in [9.17, 15) is 9.18 Å². The smallest absolute Gasteiger partial charge is 0.251 e. The third-order valence-corrected chi connectivity index (χ3v) is 3.13. The molecule has 0 saturated carbocycles. The van der Waals surface area contributed by atoms with Gasteiger partial charge in [0.05, 0.1) is 6.04 Å². The first-order chi connectivity index (χ1) is 9.61. The van der Waals surface area contributed by atoms with E-state index in [1.54, 1.807) is 31.3 Å². The van der Waals surface area contributed by atoms with Gasteiger partial charge in [-0.15, -0.1) is 0 Å². The summed E-state index contributed by atoms with van der Waals surface area (Å²) in [5.41, 5.74) is 2.05. The lowest BCUT2D eigenvalue weighted by Gasteiger charge is -2.16. The first kappa shape index (κ1) is 14.1. The second kappa shape index (κ2) is 6.19. The number of hydrogen-bond acceptors (Lipinski definition) is 2. The molecule has 2 N–H and O–H groups in total. The van der Waals surface area contributed by atoms with Crippen molar-refractivity contribution in [3.8, 4) is 0 Å². The molecule has 0 aliphatic carbocycles. The Morgan fingerprint density at radius 1 is 1.10 bits per heavy atom. The summed E-state index contributed by atoms with van der Waals surface area (Å²) < 4.78 is 13.7. The van der Waals surface area contributed by atoms with Crippen LogP contribution in [0.2, 0.25) is 0 Å². The van der Waals surface area contributed by atoms with Crippen molar-refractivity contribution < 1.29 is 9.18 Å². The highest BCUT2D eigenvalue weighted by Gasteiger charge is 2.10. The summed E-state index contributed by atoms with van der Waals surface area (Å²) in [6, 6.07) is 13.6. The zero-order valence-electron chi connectivity index (χ0n) is 11.5. The van der Waals surface area contributed by atoms with Crippen LogP contribution in [0.4, 0.5) is 10.1 Å². The summed E-state index contributed by atoms with van der Waals surface area (Å²) in [6.07, 6.45) is 0. The fourth-order valence-electron chi connectivity index (χ4n) is 2.02. The van der Waals surface area contributed by atoms with Gasteiger partial charge in [-0.25, -0.2) is 4.39 Å². The van der Waals surface area contributed by atoms with Gasteiger partial charge in [0.15, 0.2) is 0 Å². The van der Waals surface area contributed by atoms with Crippen molar-refractivity contribution in [2.24, 2.45) is 0 Å². The van der Waals surface area contributed by atoms with Gasteiger partial charge in [-0.05, 0) is 37.3 Å². The number of hydrogen-bond donors (Lipinski definition) is 2. The third kappa shape index (κ3) is 3.15. The second-order valence-electron chi connectivity index (χ2n) is 4.54. The van der Waals surface area contributed by atoms with Crippen molar-refractivity contribution in [1.82, 2.24) is 5.32 Å². The van der Waals surface area contributed by atoms with Crippen LogP contribution in [0.5, 0.6) is 0 Å². The van der Waals surface area contributed by atoms with Gasteiger partial charge in [0.25, 0.3) is 5.91 Å². The van der Waals surface area contributed by atoms with Crippen LogP contribution >= 0.6 is 0 Å². The minimum Gasteiger partial charge on any atom is -0.378 e. The van der Waals surface area contributed by atoms with E-state index in [1.165, 1.54) is 6.07 Å². The highest BCUT2D eigenvalue weighted by molar-refractivity contribution is 5.94. The summed E-state index contributed by atoms with van der Waals surface area (Å²) >= 11 is 0. The van der Waals surface area contributed by atoms with E-state index in [-0.39, 0.29) is 17.8 Å². The topological polar surface area (TPSA) is 41.1 Å². The average Bonchev–Trinajstić information content (AvgIpc) is 2.47. The molecule has 1 unspecified atom stereocenters. The quantitative estimate of drug-likeness (QED) is 0.896. The van der Waals surface area contributed by atoms with Crippen LogP contribution < -0.4 is 10.6 Å². The van der Waals surface area contributed by atoms with E-state index in [1.807, 2.05) is 25.1 Å². The van der Waals surface area contributed by atoms with Gasteiger partial charge in [-0.1, -0.05) is 18.2 Å². The van der Waals surface area contributed by atoms with E-state index in [0.717, 1.165) is 5.69 Å². The Labute approximate surface area is 117 Å². The van der Waals surface area contributed by atoms with Crippen molar-refractivity contribution >= 4 is 11.6 Å². The van der Waals surface area contributed by atoms with E-state index in [2.05, 4.69) is 10.6 Å². The SMILES string of the molecule is CNC(=O)c1ccc(NC(C)c2ccccc2F)cc1. The normalized spacial score (nSPS) is 11.8. The van der Waals surface area contributed by atoms with Gasteiger partial charge in [0.1, 0.15) is 5.82 Å². The number of carbonyl (C=O) groups is 1. The predicted molar refractivity (Wildman–Crippen MR) is 78.3 cm³/mol. The summed E-state index contributed by atoms with van der Waals surface area (Å²) in [5, 5.41) is 5.78. The van der Waals surface area contributed by atoms with Gasteiger partial charge < -0.3 is 10.6 Å². The second-order valence-corrected chi connectivity index (χ2v) is 4.54. The van der Waals surface area contributed by atoms with Crippen LogP contribution in [0, 0.1) is 5.82 Å². The fraction of sp³-hybridized carbons (Fsp3) is 0.188. The van der Waals surface area contributed by atoms with Gasteiger partial charge in [0, 0.05) is 23.9 Å². The number of anilines is 1. The molecule has 2 aromatic rings. The average molecular weight is 272 g/mol. The standard InChI is InChI=1S/C16H17FN2O/c1-11(14-5-3-4-6-15(14)17)19-13-9-7-12(8-10-13)16(20)18-2/h3-11,19H,1-2H3,(H,18,20). The lowest BCUT2D eigenvalue weighted by Crippen LogP contribution is -2.17. The number of nitrogens with one attached hydrogen (secondary N) is 2. The summed E-state index contributed by atoms with van der Waals surface area (Å²) in [4.78, 5) is 11.4. The highest BCUT2D eigenvalue weighted by Crippen LogP contribution is 2.21. The lowest BCUT2D eigenvalue weighted by molar-refractivity contribution is 0.0963. The molecular formula is C16H17FN2O. The third-order valence-electron chi connectivity index (χ3n) is 3.13. The van der Waals surface area contributed by atoms with E-state index in [4.69, 9.17) is 0 Å². The summed E-state index contributed by atoms with van der Waals surface area (Å²) in [5.74, 6) is -0.354. The molecule has 1 amide bonds. The molecule has 0 aliphatic rings. The summed E-state index contributed by atoms with van der Waals surface area (Å²) in [6.45, 7) is 1.89. The maximum absolute atomic E-state index is 13.7. The number of carbonyl (C=O) groups excluding carboxylic acids is 1. The molecule has 3 nitrogen and oxygen atoms in total. The number of rotatable bonds is 4. The molecule has 0 fully saturated rings. The Kier molecular flexibility index (Phi) is 4.35. The highest BCUT2D eigenvalue weighted by atomic mass is 19.1. The molecule has 1 atom stereocenters. The largest absolute Gasteiger partial charge is 0.378 e. The van der Waals surface area contributed by atoms with Crippen molar-refractivity contribution in [1.29, 1.82) is 0 Å². The zero-order valence-corrected chi connectivity index (χ0v) is 11.5. The first-order valence-corrected chi connectivity index (χ1v) is 6.45. The van der Waals surface area contributed by atoms with Crippen molar-refractivity contribution in [2.75, 3.05) is 12.4 Å². The van der Waals surface area contributed by atoms with Gasteiger partial charge in [0.2, 0.25) is 0 Å². The lowest BCUT2D eigenvalue weighted by atomic mass is 10.1. The van der Waals surface area contributed by atoms with Gasteiger partial charge in [-0.2, -0.15) is 0 Å². The summed E-state index contributed by atoms with van der Waals surface area (Å²) in [7, 11) is 1.59. The number of benzene rings is 2. The molecule has 0 radical (unpaired) electrons. The Hall–Kier alpha value is -2.36. The molecule has 0 aromatic heterocycles.